The van der Waals surface area contributed by atoms with Gasteiger partial charge in [-0.3, -0.25) is 4.79 Å². The Kier molecular flexibility index (Phi) is 4.02. The summed E-state index contributed by atoms with van der Waals surface area (Å²) in [6.45, 7) is 1.70. The third-order valence-electron chi connectivity index (χ3n) is 3.04. The highest BCUT2D eigenvalue weighted by Gasteiger charge is 2.20. The predicted octanol–water partition coefficient (Wildman–Crippen LogP) is 2.06. The molecule has 1 atom stereocenters. The summed E-state index contributed by atoms with van der Waals surface area (Å²) < 4.78 is 20.6. The summed E-state index contributed by atoms with van der Waals surface area (Å²) in [6, 6.07) is 4.02. The molecule has 1 amide bonds. The van der Waals surface area contributed by atoms with Crippen LogP contribution in [0.25, 0.3) is 0 Å². The fourth-order valence-corrected chi connectivity index (χ4v) is 2.03. The lowest BCUT2D eigenvalue weighted by Gasteiger charge is -2.17. The van der Waals surface area contributed by atoms with Crippen LogP contribution < -0.4 is 10.1 Å². The molecule has 106 valence electrons. The summed E-state index contributed by atoms with van der Waals surface area (Å²) in [4.78, 5) is 16.0. The van der Waals surface area contributed by atoms with Gasteiger partial charge in [0.25, 0.3) is 5.91 Å². The Bertz CT molecular complexity index is 625. The van der Waals surface area contributed by atoms with Gasteiger partial charge in [0, 0.05) is 19.4 Å². The van der Waals surface area contributed by atoms with Crippen LogP contribution in [0.4, 0.5) is 4.39 Å². The highest BCUT2D eigenvalue weighted by molar-refractivity contribution is 5.91. The zero-order chi connectivity index (χ0) is 14.7. The first-order valence-corrected chi connectivity index (χ1v) is 6.15. The average molecular weight is 277 g/mol. The number of nitrogens with one attached hydrogen (secondary N) is 1. The van der Waals surface area contributed by atoms with Crippen LogP contribution in [0.2, 0.25) is 0 Å². The fourth-order valence-electron chi connectivity index (χ4n) is 2.03. The number of rotatable bonds is 4. The summed E-state index contributed by atoms with van der Waals surface area (Å²) in [5.74, 6) is -0.114. The average Bonchev–Trinajstić information content (AvgIpc) is 2.84. The van der Waals surface area contributed by atoms with E-state index in [-0.39, 0.29) is 11.7 Å². The standard InChI is InChI=1S/C14H16FN3O2/c1-9(12-10(15)5-4-6-11(12)20-3)17-14(19)13-16-7-8-18(13)2/h4-9H,1-3H3,(H,17,19). The molecule has 0 saturated carbocycles. The number of halogens is 1. The Labute approximate surface area is 116 Å². The smallest absolute Gasteiger partial charge is 0.287 e. The van der Waals surface area contributed by atoms with Crippen LogP contribution >= 0.6 is 0 Å². The van der Waals surface area contributed by atoms with Crippen molar-refractivity contribution >= 4 is 5.91 Å². The van der Waals surface area contributed by atoms with E-state index in [1.165, 1.54) is 19.4 Å². The lowest BCUT2D eigenvalue weighted by atomic mass is 10.1. The minimum atomic E-state index is -0.532. The summed E-state index contributed by atoms with van der Waals surface area (Å²) >= 11 is 0. The van der Waals surface area contributed by atoms with Crippen molar-refractivity contribution in [3.05, 3.63) is 47.8 Å². The van der Waals surface area contributed by atoms with Gasteiger partial charge < -0.3 is 14.6 Å². The van der Waals surface area contributed by atoms with Gasteiger partial charge in [-0.2, -0.15) is 0 Å². The monoisotopic (exact) mass is 277 g/mol. The van der Waals surface area contributed by atoms with Gasteiger partial charge in [0.15, 0.2) is 5.82 Å². The van der Waals surface area contributed by atoms with Gasteiger partial charge in [0.2, 0.25) is 0 Å². The maximum absolute atomic E-state index is 13.9. The summed E-state index contributed by atoms with van der Waals surface area (Å²) in [5, 5.41) is 2.71. The number of ether oxygens (including phenoxy) is 1. The predicted molar refractivity (Wildman–Crippen MR) is 72.0 cm³/mol. The molecular formula is C14H16FN3O2. The highest BCUT2D eigenvalue weighted by atomic mass is 19.1. The number of carbonyl (C=O) groups is 1. The molecule has 1 N–H and O–H groups in total. The van der Waals surface area contributed by atoms with Crippen molar-refractivity contribution < 1.29 is 13.9 Å². The number of nitrogens with zero attached hydrogens (tertiary/aromatic N) is 2. The van der Waals surface area contributed by atoms with Crippen molar-refractivity contribution in [2.75, 3.05) is 7.11 Å². The van der Waals surface area contributed by atoms with Crippen LogP contribution in [0.1, 0.15) is 29.1 Å². The summed E-state index contributed by atoms with van der Waals surface area (Å²) in [5.41, 5.74) is 0.317. The molecule has 0 aliphatic heterocycles. The van der Waals surface area contributed by atoms with E-state index in [1.54, 1.807) is 36.9 Å². The van der Waals surface area contributed by atoms with Gasteiger partial charge in [-0.05, 0) is 19.1 Å². The molecule has 20 heavy (non-hydrogen) atoms. The molecule has 5 nitrogen and oxygen atoms in total. The molecule has 2 aromatic rings. The molecule has 0 fully saturated rings. The molecule has 0 saturated heterocycles. The molecular weight excluding hydrogens is 261 g/mol. The molecule has 0 bridgehead atoms. The maximum Gasteiger partial charge on any atom is 0.287 e. The SMILES string of the molecule is COc1cccc(F)c1C(C)NC(=O)c1nccn1C. The Hall–Kier alpha value is -2.37. The van der Waals surface area contributed by atoms with Crippen LogP contribution in [0.5, 0.6) is 5.75 Å². The number of benzene rings is 1. The van der Waals surface area contributed by atoms with Crippen molar-refractivity contribution in [2.24, 2.45) is 7.05 Å². The summed E-state index contributed by atoms with van der Waals surface area (Å²) in [7, 11) is 3.18. The normalized spacial score (nSPS) is 12.0. The van der Waals surface area contributed by atoms with Gasteiger partial charge in [0.05, 0.1) is 18.7 Å². The highest BCUT2D eigenvalue weighted by Crippen LogP contribution is 2.27. The molecule has 1 aromatic heterocycles. The molecule has 6 heteroatoms. The Balaban J connectivity index is 2.23. The third kappa shape index (κ3) is 2.64. The van der Waals surface area contributed by atoms with E-state index in [9.17, 15) is 9.18 Å². The second kappa shape index (κ2) is 5.73. The van der Waals surface area contributed by atoms with E-state index >= 15 is 0 Å². The first kappa shape index (κ1) is 14.0. The zero-order valence-electron chi connectivity index (χ0n) is 11.6. The minimum Gasteiger partial charge on any atom is -0.496 e. The van der Waals surface area contributed by atoms with Crippen LogP contribution in [0, 0.1) is 5.82 Å². The largest absolute Gasteiger partial charge is 0.496 e. The molecule has 0 spiro atoms. The number of carbonyl (C=O) groups excluding carboxylic acids is 1. The van der Waals surface area contributed by atoms with E-state index in [2.05, 4.69) is 10.3 Å². The lowest BCUT2D eigenvalue weighted by Crippen LogP contribution is -2.29. The quantitative estimate of drug-likeness (QED) is 0.930. The van der Waals surface area contributed by atoms with Gasteiger partial charge >= 0.3 is 0 Å². The van der Waals surface area contributed by atoms with Gasteiger partial charge in [-0.1, -0.05) is 6.07 Å². The van der Waals surface area contributed by atoms with E-state index in [4.69, 9.17) is 4.74 Å². The van der Waals surface area contributed by atoms with Crippen molar-refractivity contribution in [3.8, 4) is 5.75 Å². The number of aryl methyl sites for hydroxylation is 1. The van der Waals surface area contributed by atoms with Crippen LogP contribution in [0.15, 0.2) is 30.6 Å². The number of aromatic nitrogens is 2. The first-order chi connectivity index (χ1) is 9.54. The molecule has 1 aromatic carbocycles. The topological polar surface area (TPSA) is 56.1 Å². The van der Waals surface area contributed by atoms with Gasteiger partial charge in [0.1, 0.15) is 11.6 Å². The zero-order valence-corrected chi connectivity index (χ0v) is 11.6. The van der Waals surface area contributed by atoms with Gasteiger partial charge in [-0.15, -0.1) is 0 Å². The van der Waals surface area contributed by atoms with Crippen LogP contribution in [-0.2, 0) is 7.05 Å². The molecule has 0 aliphatic rings. The second-order valence-electron chi connectivity index (χ2n) is 4.41. The molecule has 1 heterocycles. The second-order valence-corrected chi connectivity index (χ2v) is 4.41. The Morgan fingerprint density at radius 1 is 1.50 bits per heavy atom. The van der Waals surface area contributed by atoms with Crippen LogP contribution in [0.3, 0.4) is 0 Å². The van der Waals surface area contributed by atoms with Crippen molar-refractivity contribution in [1.29, 1.82) is 0 Å². The van der Waals surface area contributed by atoms with Crippen LogP contribution in [-0.4, -0.2) is 22.6 Å². The lowest BCUT2D eigenvalue weighted by molar-refractivity contribution is 0.0925. The van der Waals surface area contributed by atoms with Crippen molar-refractivity contribution in [3.63, 3.8) is 0 Å². The Morgan fingerprint density at radius 3 is 2.85 bits per heavy atom. The molecule has 0 aliphatic carbocycles. The molecule has 2 rings (SSSR count). The van der Waals surface area contributed by atoms with E-state index < -0.39 is 11.9 Å². The minimum absolute atomic E-state index is 0.271. The number of methoxy groups -OCH3 is 1. The number of imidazole rings is 1. The molecule has 0 radical (unpaired) electrons. The Morgan fingerprint density at radius 2 is 2.25 bits per heavy atom. The van der Waals surface area contributed by atoms with E-state index in [0.717, 1.165) is 0 Å². The van der Waals surface area contributed by atoms with E-state index in [1.807, 2.05) is 0 Å². The molecule has 1 unspecified atom stereocenters. The first-order valence-electron chi connectivity index (χ1n) is 6.15. The summed E-state index contributed by atoms with van der Waals surface area (Å²) in [6.07, 6.45) is 3.20. The van der Waals surface area contributed by atoms with E-state index in [0.29, 0.717) is 11.3 Å². The van der Waals surface area contributed by atoms with Crippen molar-refractivity contribution in [2.45, 2.75) is 13.0 Å². The third-order valence-corrected chi connectivity index (χ3v) is 3.04. The fraction of sp³-hybridized carbons (Fsp3) is 0.286. The maximum atomic E-state index is 13.9. The van der Waals surface area contributed by atoms with Crippen molar-refractivity contribution in [1.82, 2.24) is 14.9 Å². The number of hydrogen-bond donors (Lipinski definition) is 1. The number of amides is 1. The number of hydrogen-bond acceptors (Lipinski definition) is 3. The van der Waals surface area contributed by atoms with Gasteiger partial charge in [-0.25, -0.2) is 9.37 Å².